The second-order valence-electron chi connectivity index (χ2n) is 5.79. The first-order valence-corrected chi connectivity index (χ1v) is 7.31. The molecule has 1 atom stereocenters. The van der Waals surface area contributed by atoms with Crippen LogP contribution in [0.4, 0.5) is 0 Å². The van der Waals surface area contributed by atoms with Crippen molar-refractivity contribution < 1.29 is 26.2 Å². The number of hydrogen-bond acceptors (Lipinski definition) is 0. The van der Waals surface area contributed by atoms with Crippen molar-refractivity contribution in [2.45, 2.75) is 47.5 Å². The second-order valence-corrected chi connectivity index (χ2v) is 5.79. The largest absolute Gasteiger partial charge is 4.00 e. The molecule has 1 unspecified atom stereocenters. The summed E-state index contributed by atoms with van der Waals surface area (Å²) in [5.41, 5.74) is 10.1. The van der Waals surface area contributed by atoms with Crippen LogP contribution in [0.15, 0.2) is 24.3 Å². The van der Waals surface area contributed by atoms with Crippen LogP contribution in [-0.4, -0.2) is 0 Å². The number of fused-ring (bicyclic) bond motifs is 1. The number of hydrogen-bond donors (Lipinski definition) is 0. The van der Waals surface area contributed by atoms with Crippen molar-refractivity contribution in [3.63, 3.8) is 0 Å². The van der Waals surface area contributed by atoms with E-state index in [1.54, 1.807) is 0 Å². The zero-order chi connectivity index (χ0) is 14.9. The van der Waals surface area contributed by atoms with E-state index in [-0.39, 0.29) is 26.2 Å². The predicted molar refractivity (Wildman–Crippen MR) is 88.3 cm³/mol. The van der Waals surface area contributed by atoms with Crippen LogP contribution in [0, 0.1) is 40.7 Å². The average Bonchev–Trinajstić information content (AvgIpc) is 2.92. The van der Waals surface area contributed by atoms with Crippen LogP contribution in [0.25, 0.3) is 6.08 Å². The summed E-state index contributed by atoms with van der Waals surface area (Å²) in [4.78, 5) is 0. The molecule has 1 heteroatoms. The zero-order valence-electron chi connectivity index (χ0n) is 14.0. The van der Waals surface area contributed by atoms with Gasteiger partial charge in [0.25, 0.3) is 0 Å². The molecule has 0 bridgehead atoms. The molecule has 2 aromatic rings. The summed E-state index contributed by atoms with van der Waals surface area (Å²) in [5, 5.41) is 0. The maximum atomic E-state index is 3.26. The van der Waals surface area contributed by atoms with Gasteiger partial charge in [-0.25, -0.2) is 6.08 Å². The average molecular weight is 356 g/mol. The summed E-state index contributed by atoms with van der Waals surface area (Å²) in [6.45, 7) is 13.2. The Labute approximate surface area is 148 Å². The van der Waals surface area contributed by atoms with Gasteiger partial charge in [0.1, 0.15) is 0 Å². The maximum absolute atomic E-state index is 3.26. The molecule has 0 nitrogen and oxygen atoms in total. The van der Waals surface area contributed by atoms with Gasteiger partial charge in [-0.2, -0.15) is 33.4 Å². The third-order valence-corrected chi connectivity index (χ3v) is 4.76. The van der Waals surface area contributed by atoms with Gasteiger partial charge in [-0.15, -0.1) is 11.6 Å². The van der Waals surface area contributed by atoms with Crippen LogP contribution in [0.3, 0.4) is 0 Å². The van der Waals surface area contributed by atoms with Crippen molar-refractivity contribution in [3.05, 3.63) is 69.3 Å². The molecule has 21 heavy (non-hydrogen) atoms. The van der Waals surface area contributed by atoms with Gasteiger partial charge in [-0.1, -0.05) is 65.7 Å². The summed E-state index contributed by atoms with van der Waals surface area (Å²) in [6, 6.07) is 8.44. The molecule has 0 saturated heterocycles. The molecule has 0 saturated carbocycles. The van der Waals surface area contributed by atoms with E-state index in [1.165, 1.54) is 38.9 Å². The van der Waals surface area contributed by atoms with Crippen molar-refractivity contribution >= 4 is 6.08 Å². The Hall–Kier alpha value is -0.807. The number of benzene rings is 1. The summed E-state index contributed by atoms with van der Waals surface area (Å²) in [6.07, 6.45) is 5.33. The smallest absolute Gasteiger partial charge is 0.269 e. The first kappa shape index (κ1) is 18.2. The van der Waals surface area contributed by atoms with Gasteiger partial charge in [0.15, 0.2) is 0 Å². The fourth-order valence-electron chi connectivity index (χ4n) is 2.75. The van der Waals surface area contributed by atoms with E-state index in [9.17, 15) is 0 Å². The molecule has 1 aliphatic carbocycles. The summed E-state index contributed by atoms with van der Waals surface area (Å²) >= 11 is 0. The molecule has 0 amide bonds. The molecule has 0 spiro atoms. The fraction of sp³-hybridized carbons (Fsp3) is 0.350. The topological polar surface area (TPSA) is 0 Å². The minimum atomic E-state index is 0. The molecule has 106 valence electrons. The van der Waals surface area contributed by atoms with E-state index >= 15 is 0 Å². The van der Waals surface area contributed by atoms with E-state index in [0.717, 1.165) is 0 Å². The molecule has 0 aliphatic heterocycles. The molecule has 0 N–H and O–H groups in total. The number of rotatable bonds is 0. The van der Waals surface area contributed by atoms with Gasteiger partial charge in [0.05, 0.1) is 0 Å². The van der Waals surface area contributed by atoms with E-state index in [4.69, 9.17) is 0 Å². The predicted octanol–water partition coefficient (Wildman–Crippen LogP) is 5.57. The van der Waals surface area contributed by atoms with Gasteiger partial charge < -0.3 is 0 Å². The van der Waals surface area contributed by atoms with Gasteiger partial charge >= 0.3 is 26.2 Å². The Morgan fingerprint density at radius 3 is 1.90 bits per heavy atom. The summed E-state index contributed by atoms with van der Waals surface area (Å²) in [5.74, 6) is 0.496. The Morgan fingerprint density at radius 2 is 1.48 bits per heavy atom. The quantitative estimate of drug-likeness (QED) is 0.542. The van der Waals surface area contributed by atoms with Gasteiger partial charge in [0.2, 0.25) is 0 Å². The normalized spacial score (nSPS) is 15.0. The van der Waals surface area contributed by atoms with Crippen LogP contribution >= 0.6 is 0 Å². The van der Waals surface area contributed by atoms with E-state index in [0.29, 0.717) is 5.92 Å². The van der Waals surface area contributed by atoms with Gasteiger partial charge in [0, 0.05) is 0 Å². The fourth-order valence-corrected chi connectivity index (χ4v) is 2.75. The molecule has 1 aliphatic rings. The standard InChI is InChI=1S/C10H9.C10H15.Zr/c1-8-6-7-9-4-2-3-5-10(8)9;1-6-7(2)9(4)10(5)8(6)3;/h2-5,7-8H,1H3;1-5H3;/q2*-1;+4. The zero-order valence-corrected chi connectivity index (χ0v) is 16.4. The van der Waals surface area contributed by atoms with Crippen molar-refractivity contribution in [3.8, 4) is 0 Å². The van der Waals surface area contributed by atoms with Crippen LogP contribution in [-0.2, 0) is 26.2 Å². The SMILES string of the molecule is CC1[C-]=Cc2ccccc21.Cc1c(C)c(C)[c-](C)c1C.[Zr+4]. The van der Waals surface area contributed by atoms with Gasteiger partial charge in [-0.05, 0) is 0 Å². The Balaban J connectivity index is 0.000000200. The Bertz CT molecular complexity index is 564. The van der Waals surface area contributed by atoms with Crippen LogP contribution in [0.2, 0.25) is 0 Å². The monoisotopic (exact) mass is 354 g/mol. The minimum absolute atomic E-state index is 0. The summed E-state index contributed by atoms with van der Waals surface area (Å²) < 4.78 is 0. The minimum Gasteiger partial charge on any atom is -0.269 e. The maximum Gasteiger partial charge on any atom is 4.00 e. The molecular weight excluding hydrogens is 331 g/mol. The number of allylic oxidation sites excluding steroid dienone is 1. The molecule has 0 radical (unpaired) electrons. The van der Waals surface area contributed by atoms with Crippen molar-refractivity contribution in [1.82, 2.24) is 0 Å². The van der Waals surface area contributed by atoms with Crippen LogP contribution in [0.5, 0.6) is 0 Å². The van der Waals surface area contributed by atoms with Crippen LogP contribution < -0.4 is 0 Å². The van der Waals surface area contributed by atoms with E-state index in [1.807, 2.05) is 0 Å². The van der Waals surface area contributed by atoms with E-state index in [2.05, 4.69) is 78.0 Å². The first-order chi connectivity index (χ1) is 9.43. The molecule has 0 fully saturated rings. The van der Waals surface area contributed by atoms with Crippen molar-refractivity contribution in [1.29, 1.82) is 0 Å². The van der Waals surface area contributed by atoms with E-state index < -0.39 is 0 Å². The Kier molecular flexibility index (Phi) is 6.48. The molecule has 0 heterocycles. The molecule has 3 rings (SSSR count). The molecular formula is C20H24Zr+2. The molecule has 0 aromatic heterocycles. The summed E-state index contributed by atoms with van der Waals surface area (Å²) in [7, 11) is 0. The third kappa shape index (κ3) is 3.69. The second kappa shape index (κ2) is 7.45. The Morgan fingerprint density at radius 1 is 0.952 bits per heavy atom. The van der Waals surface area contributed by atoms with Crippen molar-refractivity contribution in [2.75, 3.05) is 0 Å². The molecule has 2 aromatic carbocycles. The third-order valence-electron chi connectivity index (χ3n) is 4.76. The first-order valence-electron chi connectivity index (χ1n) is 7.31. The van der Waals surface area contributed by atoms with Crippen molar-refractivity contribution in [2.24, 2.45) is 0 Å². The van der Waals surface area contributed by atoms with Gasteiger partial charge in [-0.3, -0.25) is 6.08 Å². The van der Waals surface area contributed by atoms with Crippen LogP contribution in [0.1, 0.15) is 51.8 Å².